The first-order chi connectivity index (χ1) is 4.20. The predicted octanol–water partition coefficient (Wildman–Crippen LogP) is 2.12. The van der Waals surface area contributed by atoms with Gasteiger partial charge < -0.3 is 0 Å². The quantitative estimate of drug-likeness (QED) is 0.591. The molecule has 9 heavy (non-hydrogen) atoms. The molecule has 0 spiro atoms. The molecule has 0 N–H and O–H groups in total. The zero-order chi connectivity index (χ0) is 6.85. The molecule has 0 aromatic carbocycles. The minimum atomic E-state index is 0.400. The Kier molecular flexibility index (Phi) is 1.76. The Morgan fingerprint density at radius 2 is 2.33 bits per heavy atom. The molecule has 0 bridgehead atoms. The SMILES string of the molecule is CC(C)n1cc(Cl)cn1. The Morgan fingerprint density at radius 3 is 2.56 bits per heavy atom. The summed E-state index contributed by atoms with van der Waals surface area (Å²) in [5.41, 5.74) is 0. The van der Waals surface area contributed by atoms with Crippen LogP contribution in [0.4, 0.5) is 0 Å². The average Bonchev–Trinajstić information content (AvgIpc) is 2.14. The fourth-order valence-corrected chi connectivity index (χ4v) is 0.741. The van der Waals surface area contributed by atoms with Gasteiger partial charge in [0.05, 0.1) is 11.2 Å². The fourth-order valence-electron chi connectivity index (χ4n) is 0.597. The molecular formula is C6H9ClN2. The van der Waals surface area contributed by atoms with E-state index in [0.29, 0.717) is 11.1 Å². The highest BCUT2D eigenvalue weighted by Crippen LogP contribution is 2.08. The third-order valence-electron chi connectivity index (χ3n) is 1.10. The van der Waals surface area contributed by atoms with Gasteiger partial charge in [-0.15, -0.1) is 0 Å². The van der Waals surface area contributed by atoms with E-state index in [1.807, 2.05) is 10.9 Å². The van der Waals surface area contributed by atoms with Crippen LogP contribution in [0.2, 0.25) is 5.02 Å². The third-order valence-corrected chi connectivity index (χ3v) is 1.29. The van der Waals surface area contributed by atoms with E-state index >= 15 is 0 Å². The van der Waals surface area contributed by atoms with Gasteiger partial charge in [0.1, 0.15) is 0 Å². The smallest absolute Gasteiger partial charge is 0.0785 e. The molecular weight excluding hydrogens is 136 g/mol. The van der Waals surface area contributed by atoms with Crippen molar-refractivity contribution in [1.82, 2.24) is 9.78 Å². The van der Waals surface area contributed by atoms with Crippen molar-refractivity contribution in [2.24, 2.45) is 0 Å². The minimum Gasteiger partial charge on any atom is -0.269 e. The van der Waals surface area contributed by atoms with Gasteiger partial charge in [-0.2, -0.15) is 5.10 Å². The predicted molar refractivity (Wildman–Crippen MR) is 37.6 cm³/mol. The van der Waals surface area contributed by atoms with Crippen molar-refractivity contribution >= 4 is 11.6 Å². The van der Waals surface area contributed by atoms with Gasteiger partial charge in [0.2, 0.25) is 0 Å². The Balaban J connectivity index is 2.85. The van der Waals surface area contributed by atoms with Crippen LogP contribution in [0.3, 0.4) is 0 Å². The summed E-state index contributed by atoms with van der Waals surface area (Å²) in [7, 11) is 0. The lowest BCUT2D eigenvalue weighted by molar-refractivity contribution is 0.532. The van der Waals surface area contributed by atoms with E-state index in [2.05, 4.69) is 18.9 Å². The molecule has 2 nitrogen and oxygen atoms in total. The number of rotatable bonds is 1. The van der Waals surface area contributed by atoms with Gasteiger partial charge in [-0.05, 0) is 13.8 Å². The normalized spacial score (nSPS) is 10.7. The van der Waals surface area contributed by atoms with Crippen LogP contribution >= 0.6 is 11.6 Å². The molecule has 0 aliphatic rings. The summed E-state index contributed by atoms with van der Waals surface area (Å²) in [6.45, 7) is 4.12. The van der Waals surface area contributed by atoms with E-state index in [1.165, 1.54) is 0 Å². The Hall–Kier alpha value is -0.500. The van der Waals surface area contributed by atoms with Crippen molar-refractivity contribution in [1.29, 1.82) is 0 Å². The zero-order valence-corrected chi connectivity index (χ0v) is 6.26. The fraction of sp³-hybridized carbons (Fsp3) is 0.500. The second-order valence-corrected chi connectivity index (χ2v) is 2.67. The first-order valence-corrected chi connectivity index (χ1v) is 3.27. The van der Waals surface area contributed by atoms with Crippen LogP contribution in [-0.2, 0) is 0 Å². The molecule has 50 valence electrons. The van der Waals surface area contributed by atoms with Gasteiger partial charge in [-0.25, -0.2) is 0 Å². The van der Waals surface area contributed by atoms with E-state index in [1.54, 1.807) is 6.20 Å². The van der Waals surface area contributed by atoms with Crippen molar-refractivity contribution in [3.05, 3.63) is 17.4 Å². The summed E-state index contributed by atoms with van der Waals surface area (Å²) >= 11 is 5.62. The molecule has 0 unspecified atom stereocenters. The topological polar surface area (TPSA) is 17.8 Å². The molecule has 0 aliphatic carbocycles. The first-order valence-electron chi connectivity index (χ1n) is 2.90. The summed E-state index contributed by atoms with van der Waals surface area (Å²) in [6.07, 6.45) is 3.45. The highest BCUT2D eigenvalue weighted by atomic mass is 35.5. The molecule has 0 fully saturated rings. The van der Waals surface area contributed by atoms with Gasteiger partial charge in [-0.1, -0.05) is 11.6 Å². The van der Waals surface area contributed by atoms with Gasteiger partial charge in [0.15, 0.2) is 0 Å². The lowest BCUT2D eigenvalue weighted by Gasteiger charge is -2.01. The molecule has 0 aliphatic heterocycles. The summed E-state index contributed by atoms with van der Waals surface area (Å²) in [5, 5.41) is 4.70. The summed E-state index contributed by atoms with van der Waals surface area (Å²) in [6, 6.07) is 0.400. The molecule has 3 heteroatoms. The molecule has 1 aromatic rings. The van der Waals surface area contributed by atoms with E-state index in [9.17, 15) is 0 Å². The second kappa shape index (κ2) is 2.40. The van der Waals surface area contributed by atoms with Crippen molar-refractivity contribution in [3.63, 3.8) is 0 Å². The number of hydrogen-bond acceptors (Lipinski definition) is 1. The zero-order valence-electron chi connectivity index (χ0n) is 5.50. The molecule has 0 atom stereocenters. The van der Waals surface area contributed by atoms with Crippen molar-refractivity contribution in [3.8, 4) is 0 Å². The number of halogens is 1. The maximum Gasteiger partial charge on any atom is 0.0785 e. The van der Waals surface area contributed by atoms with Gasteiger partial charge >= 0.3 is 0 Å². The first kappa shape index (κ1) is 6.62. The van der Waals surface area contributed by atoms with Crippen LogP contribution in [0, 0.1) is 0 Å². The highest BCUT2D eigenvalue weighted by Gasteiger charge is 1.97. The van der Waals surface area contributed by atoms with Crippen molar-refractivity contribution < 1.29 is 0 Å². The maximum absolute atomic E-state index is 5.62. The van der Waals surface area contributed by atoms with Crippen LogP contribution in [0.1, 0.15) is 19.9 Å². The lowest BCUT2D eigenvalue weighted by Crippen LogP contribution is -1.99. The van der Waals surface area contributed by atoms with E-state index < -0.39 is 0 Å². The Morgan fingerprint density at radius 1 is 1.67 bits per heavy atom. The van der Waals surface area contributed by atoms with Crippen molar-refractivity contribution in [2.45, 2.75) is 19.9 Å². The number of aromatic nitrogens is 2. The average molecular weight is 145 g/mol. The van der Waals surface area contributed by atoms with Gasteiger partial charge in [0.25, 0.3) is 0 Å². The standard InChI is InChI=1S/C6H9ClN2/c1-5(2)9-4-6(7)3-8-9/h3-5H,1-2H3. The van der Waals surface area contributed by atoms with Gasteiger partial charge in [0, 0.05) is 12.2 Å². The molecule has 1 heterocycles. The van der Waals surface area contributed by atoms with E-state index in [-0.39, 0.29) is 0 Å². The number of hydrogen-bond donors (Lipinski definition) is 0. The van der Waals surface area contributed by atoms with Crippen LogP contribution in [-0.4, -0.2) is 9.78 Å². The van der Waals surface area contributed by atoms with Crippen LogP contribution in [0.15, 0.2) is 12.4 Å². The minimum absolute atomic E-state index is 0.400. The summed E-state index contributed by atoms with van der Waals surface area (Å²) < 4.78 is 1.82. The monoisotopic (exact) mass is 144 g/mol. The largest absolute Gasteiger partial charge is 0.269 e. The van der Waals surface area contributed by atoms with E-state index in [0.717, 1.165) is 0 Å². The molecule has 0 amide bonds. The molecule has 1 rings (SSSR count). The lowest BCUT2D eigenvalue weighted by atomic mass is 10.4. The molecule has 0 saturated heterocycles. The van der Waals surface area contributed by atoms with Crippen LogP contribution in [0.5, 0.6) is 0 Å². The van der Waals surface area contributed by atoms with Crippen LogP contribution in [0.25, 0.3) is 0 Å². The molecule has 1 aromatic heterocycles. The Labute approximate surface area is 59.4 Å². The highest BCUT2D eigenvalue weighted by molar-refractivity contribution is 6.30. The second-order valence-electron chi connectivity index (χ2n) is 2.23. The maximum atomic E-state index is 5.62. The third kappa shape index (κ3) is 1.45. The van der Waals surface area contributed by atoms with Crippen molar-refractivity contribution in [2.75, 3.05) is 0 Å². The van der Waals surface area contributed by atoms with E-state index in [4.69, 9.17) is 11.6 Å². The number of nitrogens with zero attached hydrogens (tertiary/aromatic N) is 2. The Bertz CT molecular complexity index is 193. The van der Waals surface area contributed by atoms with Crippen LogP contribution < -0.4 is 0 Å². The van der Waals surface area contributed by atoms with Gasteiger partial charge in [-0.3, -0.25) is 4.68 Å². The summed E-state index contributed by atoms with van der Waals surface area (Å²) in [5.74, 6) is 0. The molecule has 0 radical (unpaired) electrons. The summed E-state index contributed by atoms with van der Waals surface area (Å²) in [4.78, 5) is 0. The molecule has 0 saturated carbocycles.